The van der Waals surface area contributed by atoms with Crippen molar-refractivity contribution in [2.24, 2.45) is 0 Å². The van der Waals surface area contributed by atoms with E-state index >= 15 is 0 Å². The van der Waals surface area contributed by atoms with E-state index in [9.17, 15) is 9.59 Å². The number of esters is 1. The molecule has 0 aromatic heterocycles. The number of anilines is 1. The van der Waals surface area contributed by atoms with Crippen LogP contribution in [0.4, 0.5) is 5.69 Å². The van der Waals surface area contributed by atoms with E-state index in [1.54, 1.807) is 31.0 Å². The highest BCUT2D eigenvalue weighted by Crippen LogP contribution is 2.31. The van der Waals surface area contributed by atoms with Crippen molar-refractivity contribution < 1.29 is 14.3 Å². The number of likely N-dealkylation sites (N-methyl/N-ethyl adjacent to an activating group) is 1. The molecule has 1 aliphatic heterocycles. The lowest BCUT2D eigenvalue weighted by molar-refractivity contribution is -0.136. The average molecular weight is 337 g/mol. The van der Waals surface area contributed by atoms with E-state index in [1.807, 2.05) is 36.4 Å². The molecule has 4 nitrogen and oxygen atoms in total. The molecular formula is C21H23NO3. The molecule has 1 aliphatic rings. The summed E-state index contributed by atoms with van der Waals surface area (Å²) in [6, 6.07) is 15.2. The van der Waals surface area contributed by atoms with E-state index in [2.05, 4.69) is 13.8 Å². The van der Waals surface area contributed by atoms with Crippen LogP contribution in [-0.4, -0.2) is 24.5 Å². The van der Waals surface area contributed by atoms with Crippen molar-refractivity contribution in [2.75, 3.05) is 11.9 Å². The van der Waals surface area contributed by atoms with Crippen LogP contribution in [0.1, 0.15) is 48.2 Å². The molecule has 0 N–H and O–H groups in total. The smallest absolute Gasteiger partial charge is 0.339 e. The van der Waals surface area contributed by atoms with Crippen molar-refractivity contribution in [2.45, 2.75) is 38.7 Å². The van der Waals surface area contributed by atoms with Crippen LogP contribution in [0.25, 0.3) is 0 Å². The summed E-state index contributed by atoms with van der Waals surface area (Å²) < 4.78 is 5.55. The Hall–Kier alpha value is -2.62. The number of amides is 1. The molecule has 1 atom stereocenters. The Labute approximate surface area is 148 Å². The molecule has 0 spiro atoms. The molecule has 0 bridgehead atoms. The molecule has 0 aliphatic carbocycles. The first kappa shape index (κ1) is 17.2. The lowest BCUT2D eigenvalue weighted by atomic mass is 9.89. The maximum absolute atomic E-state index is 13.1. The van der Waals surface area contributed by atoms with Crippen molar-refractivity contribution >= 4 is 17.6 Å². The molecule has 0 radical (unpaired) electrons. The van der Waals surface area contributed by atoms with E-state index in [-0.39, 0.29) is 5.91 Å². The molecule has 1 unspecified atom stereocenters. The fourth-order valence-corrected chi connectivity index (χ4v) is 3.22. The Kier molecular flexibility index (Phi) is 4.38. The topological polar surface area (TPSA) is 46.6 Å². The summed E-state index contributed by atoms with van der Waals surface area (Å²) in [4.78, 5) is 27.0. The molecule has 0 fully saturated rings. The number of carbonyl (C=O) groups excluding carboxylic acids is 2. The van der Waals surface area contributed by atoms with Gasteiger partial charge in [0.2, 0.25) is 0 Å². The van der Waals surface area contributed by atoms with Crippen LogP contribution in [0, 0.1) is 0 Å². The summed E-state index contributed by atoms with van der Waals surface area (Å²) in [6.07, 6.45) is 0.377. The summed E-state index contributed by atoms with van der Waals surface area (Å²) >= 11 is 0. The Bertz CT molecular complexity index is 827. The monoisotopic (exact) mass is 337 g/mol. The predicted molar refractivity (Wildman–Crippen MR) is 97.9 cm³/mol. The van der Waals surface area contributed by atoms with Gasteiger partial charge in [-0.05, 0) is 42.2 Å². The zero-order valence-electron chi connectivity index (χ0n) is 15.1. The van der Waals surface area contributed by atoms with Crippen molar-refractivity contribution in [3.05, 3.63) is 65.2 Å². The fraction of sp³-hybridized carbons (Fsp3) is 0.333. The molecule has 0 saturated carbocycles. The zero-order valence-corrected chi connectivity index (χ0v) is 15.1. The Balaban J connectivity index is 1.90. The molecule has 2 aromatic rings. The van der Waals surface area contributed by atoms with Crippen LogP contribution in [0.3, 0.4) is 0 Å². The third-order valence-corrected chi connectivity index (χ3v) is 4.76. The Morgan fingerprint density at radius 2 is 1.88 bits per heavy atom. The van der Waals surface area contributed by atoms with Crippen molar-refractivity contribution in [3.63, 3.8) is 0 Å². The number of hydrogen-bond donors (Lipinski definition) is 0. The van der Waals surface area contributed by atoms with Gasteiger partial charge in [-0.3, -0.25) is 4.79 Å². The fourth-order valence-electron chi connectivity index (χ4n) is 3.22. The maximum Gasteiger partial charge on any atom is 0.339 e. The standard InChI is InChI=1S/C21H23NO3/c1-14(2)15-9-7-10-17(12-15)22(4)20(24)21(3)13-16-8-5-6-11-18(16)19(23)25-21/h5-12,14H,13H2,1-4H3. The third kappa shape index (κ3) is 3.16. The largest absolute Gasteiger partial charge is 0.445 e. The first-order valence-electron chi connectivity index (χ1n) is 8.51. The lowest BCUT2D eigenvalue weighted by Gasteiger charge is -2.36. The van der Waals surface area contributed by atoms with Crippen LogP contribution < -0.4 is 4.90 Å². The van der Waals surface area contributed by atoms with Crippen LogP contribution in [0.5, 0.6) is 0 Å². The number of hydrogen-bond acceptors (Lipinski definition) is 3. The Morgan fingerprint density at radius 3 is 2.60 bits per heavy atom. The summed E-state index contributed by atoms with van der Waals surface area (Å²) in [5.41, 5.74) is 2.14. The number of benzene rings is 2. The first-order valence-corrected chi connectivity index (χ1v) is 8.51. The second kappa shape index (κ2) is 6.36. The van der Waals surface area contributed by atoms with Gasteiger partial charge in [-0.2, -0.15) is 0 Å². The maximum atomic E-state index is 13.1. The molecule has 0 saturated heterocycles. The normalized spacial score (nSPS) is 19.3. The highest BCUT2D eigenvalue weighted by Gasteiger charge is 2.44. The minimum atomic E-state index is -1.20. The van der Waals surface area contributed by atoms with Crippen LogP contribution >= 0.6 is 0 Å². The molecule has 4 heteroatoms. The molecule has 1 amide bonds. The number of carbonyl (C=O) groups is 2. The van der Waals surface area contributed by atoms with Gasteiger partial charge in [0.05, 0.1) is 5.56 Å². The van der Waals surface area contributed by atoms with E-state index in [0.717, 1.165) is 16.8 Å². The average Bonchev–Trinajstić information content (AvgIpc) is 2.60. The molecule has 1 heterocycles. The number of cyclic esters (lactones) is 1. The summed E-state index contributed by atoms with van der Waals surface area (Å²) in [5.74, 6) is -0.295. The van der Waals surface area contributed by atoms with E-state index in [0.29, 0.717) is 17.9 Å². The van der Waals surface area contributed by atoms with Gasteiger partial charge in [0.15, 0.2) is 5.60 Å². The number of ether oxygens (including phenoxy) is 1. The predicted octanol–water partition coefficient (Wildman–Crippen LogP) is 3.94. The van der Waals surface area contributed by atoms with Gasteiger partial charge in [-0.1, -0.05) is 44.2 Å². The van der Waals surface area contributed by atoms with E-state index < -0.39 is 11.6 Å². The van der Waals surface area contributed by atoms with Gasteiger partial charge in [-0.15, -0.1) is 0 Å². The highest BCUT2D eigenvalue weighted by molar-refractivity contribution is 6.03. The van der Waals surface area contributed by atoms with E-state index in [4.69, 9.17) is 4.74 Å². The number of fused-ring (bicyclic) bond motifs is 1. The molecule has 25 heavy (non-hydrogen) atoms. The van der Waals surface area contributed by atoms with Gasteiger partial charge in [-0.25, -0.2) is 4.79 Å². The first-order chi connectivity index (χ1) is 11.8. The number of rotatable bonds is 3. The quantitative estimate of drug-likeness (QED) is 0.797. The summed E-state index contributed by atoms with van der Waals surface area (Å²) in [5, 5.41) is 0. The second-order valence-corrected chi connectivity index (χ2v) is 7.07. The molecular weight excluding hydrogens is 314 g/mol. The summed E-state index contributed by atoms with van der Waals surface area (Å²) in [6.45, 7) is 5.91. The van der Waals surface area contributed by atoms with Gasteiger partial charge in [0, 0.05) is 19.2 Å². The highest BCUT2D eigenvalue weighted by atomic mass is 16.6. The molecule has 2 aromatic carbocycles. The van der Waals surface area contributed by atoms with Gasteiger partial charge >= 0.3 is 5.97 Å². The minimum Gasteiger partial charge on any atom is -0.445 e. The second-order valence-electron chi connectivity index (χ2n) is 7.07. The minimum absolute atomic E-state index is 0.226. The van der Waals surface area contributed by atoms with Crippen LogP contribution in [0.15, 0.2) is 48.5 Å². The number of nitrogens with zero attached hydrogens (tertiary/aromatic N) is 1. The van der Waals surface area contributed by atoms with Gasteiger partial charge < -0.3 is 9.64 Å². The molecule has 3 rings (SSSR count). The zero-order chi connectivity index (χ0) is 18.2. The Morgan fingerprint density at radius 1 is 1.16 bits per heavy atom. The third-order valence-electron chi connectivity index (χ3n) is 4.76. The van der Waals surface area contributed by atoms with Crippen molar-refractivity contribution in [1.29, 1.82) is 0 Å². The lowest BCUT2D eigenvalue weighted by Crippen LogP contribution is -2.52. The van der Waals surface area contributed by atoms with Crippen LogP contribution in [0.2, 0.25) is 0 Å². The SMILES string of the molecule is CC(C)c1cccc(N(C)C(=O)C2(C)Cc3ccccc3C(=O)O2)c1. The van der Waals surface area contributed by atoms with Crippen LogP contribution in [-0.2, 0) is 16.0 Å². The van der Waals surface area contributed by atoms with Crippen molar-refractivity contribution in [1.82, 2.24) is 0 Å². The summed E-state index contributed by atoms with van der Waals surface area (Å²) in [7, 11) is 1.72. The van der Waals surface area contributed by atoms with Gasteiger partial charge in [0.25, 0.3) is 5.91 Å². The molecule has 130 valence electrons. The van der Waals surface area contributed by atoms with Gasteiger partial charge in [0.1, 0.15) is 0 Å². The van der Waals surface area contributed by atoms with Crippen molar-refractivity contribution in [3.8, 4) is 0 Å². The van der Waals surface area contributed by atoms with E-state index in [1.165, 1.54) is 0 Å².